The van der Waals surface area contributed by atoms with Gasteiger partial charge in [-0.15, -0.1) is 0 Å². The predicted octanol–water partition coefficient (Wildman–Crippen LogP) is 2.67. The molecule has 2 amide bonds. The number of aliphatic hydroxyl groups excluding tert-OH is 1. The van der Waals surface area contributed by atoms with Crippen molar-refractivity contribution in [2.75, 3.05) is 0 Å². The summed E-state index contributed by atoms with van der Waals surface area (Å²) in [6.07, 6.45) is 2.66. The molecular formula is C25H26N2O4. The largest absolute Gasteiger partial charge is 0.392 e. The molecule has 0 aliphatic carbocycles. The third-order valence-electron chi connectivity index (χ3n) is 6.00. The molecule has 1 fully saturated rings. The van der Waals surface area contributed by atoms with E-state index < -0.39 is 6.04 Å². The molecule has 160 valence electrons. The molecule has 0 spiro atoms. The van der Waals surface area contributed by atoms with Crippen LogP contribution in [0.15, 0.2) is 54.7 Å². The maximum Gasteiger partial charge on any atom is 0.255 e. The molecule has 2 N–H and O–H groups in total. The Hall–Kier alpha value is -3.25. The van der Waals surface area contributed by atoms with E-state index in [4.69, 9.17) is 5.11 Å². The standard InChI is InChI=1S/C25H26N2O4/c1-16-2-11-23(24(30)26-16)27-14-20-12-17(8-10-22(20)25(27)31)7-9-21(29)13-18-3-5-19(15-28)6-4-18/h3-6,8,10,12,23,28H,1-2,7,9,11,13-15H2,(H,26,30). The first-order valence-electron chi connectivity index (χ1n) is 10.6. The summed E-state index contributed by atoms with van der Waals surface area (Å²) < 4.78 is 0. The summed E-state index contributed by atoms with van der Waals surface area (Å²) in [5.74, 6) is -0.138. The van der Waals surface area contributed by atoms with Crippen molar-refractivity contribution in [1.82, 2.24) is 10.2 Å². The molecule has 31 heavy (non-hydrogen) atoms. The first-order chi connectivity index (χ1) is 14.9. The van der Waals surface area contributed by atoms with E-state index in [1.54, 1.807) is 4.90 Å². The van der Waals surface area contributed by atoms with Crippen LogP contribution in [0.25, 0.3) is 0 Å². The summed E-state index contributed by atoms with van der Waals surface area (Å²) in [7, 11) is 0. The van der Waals surface area contributed by atoms with Crippen LogP contribution in [0.4, 0.5) is 0 Å². The molecule has 0 radical (unpaired) electrons. The minimum atomic E-state index is -0.465. The Bertz CT molecular complexity index is 1040. The Balaban J connectivity index is 1.36. The maximum atomic E-state index is 12.8. The molecule has 2 heterocycles. The normalized spacial score (nSPS) is 18.2. The van der Waals surface area contributed by atoms with Crippen molar-refractivity contribution in [2.45, 2.75) is 51.3 Å². The zero-order valence-electron chi connectivity index (χ0n) is 17.4. The molecule has 6 heteroatoms. The average molecular weight is 418 g/mol. The number of aliphatic hydroxyl groups is 1. The smallest absolute Gasteiger partial charge is 0.255 e. The molecule has 1 atom stereocenters. The fraction of sp³-hybridized carbons (Fsp3) is 0.320. The number of carbonyl (C=O) groups is 3. The van der Waals surface area contributed by atoms with Gasteiger partial charge in [0.05, 0.1) is 6.61 Å². The van der Waals surface area contributed by atoms with Crippen molar-refractivity contribution in [3.05, 3.63) is 82.6 Å². The van der Waals surface area contributed by atoms with Gasteiger partial charge in [0.1, 0.15) is 11.8 Å². The number of ketones is 1. The third-order valence-corrected chi connectivity index (χ3v) is 6.00. The molecule has 1 saturated heterocycles. The van der Waals surface area contributed by atoms with Gasteiger partial charge in [0, 0.05) is 30.6 Å². The number of fused-ring (bicyclic) bond motifs is 1. The Kier molecular flexibility index (Phi) is 6.00. The Morgan fingerprint density at radius 3 is 2.52 bits per heavy atom. The Morgan fingerprint density at radius 2 is 1.81 bits per heavy atom. The van der Waals surface area contributed by atoms with Crippen LogP contribution < -0.4 is 5.32 Å². The van der Waals surface area contributed by atoms with Crippen LogP contribution in [0.3, 0.4) is 0 Å². The van der Waals surface area contributed by atoms with Gasteiger partial charge in [-0.05, 0) is 47.6 Å². The van der Waals surface area contributed by atoms with Crippen LogP contribution >= 0.6 is 0 Å². The number of aryl methyl sites for hydroxylation is 1. The van der Waals surface area contributed by atoms with Gasteiger partial charge in [-0.1, -0.05) is 43.0 Å². The summed E-state index contributed by atoms with van der Waals surface area (Å²) in [5, 5.41) is 11.9. The number of benzene rings is 2. The maximum absolute atomic E-state index is 12.8. The second kappa shape index (κ2) is 8.86. The summed E-state index contributed by atoms with van der Waals surface area (Å²) in [6.45, 7) is 4.20. The highest BCUT2D eigenvalue weighted by Crippen LogP contribution is 2.29. The highest BCUT2D eigenvalue weighted by atomic mass is 16.3. The lowest BCUT2D eigenvalue weighted by Crippen LogP contribution is -2.49. The van der Waals surface area contributed by atoms with Crippen LogP contribution in [0, 0.1) is 0 Å². The van der Waals surface area contributed by atoms with Gasteiger partial charge in [0.2, 0.25) is 5.91 Å². The lowest BCUT2D eigenvalue weighted by atomic mass is 9.99. The van der Waals surface area contributed by atoms with Gasteiger partial charge in [-0.2, -0.15) is 0 Å². The van der Waals surface area contributed by atoms with Crippen LogP contribution in [0.1, 0.15) is 51.9 Å². The topological polar surface area (TPSA) is 86.7 Å². The summed E-state index contributed by atoms with van der Waals surface area (Å²) in [4.78, 5) is 39.1. The minimum Gasteiger partial charge on any atom is -0.392 e. The fourth-order valence-electron chi connectivity index (χ4n) is 4.23. The van der Waals surface area contributed by atoms with Crippen LogP contribution in [-0.4, -0.2) is 33.6 Å². The lowest BCUT2D eigenvalue weighted by Gasteiger charge is -2.30. The summed E-state index contributed by atoms with van der Waals surface area (Å²) in [6, 6.07) is 12.6. The lowest BCUT2D eigenvalue weighted by molar-refractivity contribution is -0.126. The molecule has 0 bridgehead atoms. The van der Waals surface area contributed by atoms with Crippen LogP contribution in [0.5, 0.6) is 0 Å². The van der Waals surface area contributed by atoms with Crippen molar-refractivity contribution in [2.24, 2.45) is 0 Å². The van der Waals surface area contributed by atoms with E-state index >= 15 is 0 Å². The fourth-order valence-corrected chi connectivity index (χ4v) is 4.23. The zero-order valence-corrected chi connectivity index (χ0v) is 17.4. The van der Waals surface area contributed by atoms with Crippen molar-refractivity contribution >= 4 is 17.6 Å². The molecule has 2 aliphatic rings. The Morgan fingerprint density at radius 1 is 1.10 bits per heavy atom. The van der Waals surface area contributed by atoms with Crippen molar-refractivity contribution in [3.63, 3.8) is 0 Å². The number of amides is 2. The number of allylic oxidation sites excluding steroid dienone is 1. The first kappa shape index (κ1) is 21.0. The minimum absolute atomic E-state index is 0.00675. The van der Waals surface area contributed by atoms with Gasteiger partial charge in [0.25, 0.3) is 5.91 Å². The van der Waals surface area contributed by atoms with E-state index in [9.17, 15) is 14.4 Å². The number of Topliss-reactive ketones (excluding diaryl/α,β-unsaturated/α-hetero) is 1. The van der Waals surface area contributed by atoms with Gasteiger partial charge in [0.15, 0.2) is 0 Å². The molecule has 2 aromatic rings. The quantitative estimate of drug-likeness (QED) is 0.724. The molecule has 2 aromatic carbocycles. The second-order valence-electron chi connectivity index (χ2n) is 8.26. The number of rotatable bonds is 7. The first-order valence-corrected chi connectivity index (χ1v) is 10.6. The van der Waals surface area contributed by atoms with Crippen molar-refractivity contribution in [1.29, 1.82) is 0 Å². The van der Waals surface area contributed by atoms with Crippen LogP contribution in [-0.2, 0) is 35.6 Å². The number of piperidine rings is 1. The number of nitrogens with zero attached hydrogens (tertiary/aromatic N) is 1. The molecule has 4 rings (SSSR count). The number of nitrogens with one attached hydrogen (secondary N) is 1. The molecule has 2 aliphatic heterocycles. The van der Waals surface area contributed by atoms with Gasteiger partial charge in [-0.3, -0.25) is 14.4 Å². The summed E-state index contributed by atoms with van der Waals surface area (Å²) >= 11 is 0. The third kappa shape index (κ3) is 4.59. The van der Waals surface area contributed by atoms with E-state index in [0.717, 1.165) is 22.3 Å². The highest BCUT2D eigenvalue weighted by Gasteiger charge is 2.38. The predicted molar refractivity (Wildman–Crippen MR) is 116 cm³/mol. The number of hydrogen-bond donors (Lipinski definition) is 2. The monoisotopic (exact) mass is 418 g/mol. The molecule has 1 unspecified atom stereocenters. The number of hydrogen-bond acceptors (Lipinski definition) is 4. The van der Waals surface area contributed by atoms with E-state index in [1.807, 2.05) is 42.5 Å². The van der Waals surface area contributed by atoms with Crippen molar-refractivity contribution in [3.8, 4) is 0 Å². The average Bonchev–Trinajstić information content (AvgIpc) is 3.08. The van der Waals surface area contributed by atoms with E-state index in [1.165, 1.54) is 0 Å². The molecule has 6 nitrogen and oxygen atoms in total. The van der Waals surface area contributed by atoms with E-state index in [2.05, 4.69) is 11.9 Å². The van der Waals surface area contributed by atoms with Crippen molar-refractivity contribution < 1.29 is 19.5 Å². The van der Waals surface area contributed by atoms with Gasteiger partial charge < -0.3 is 15.3 Å². The SMILES string of the molecule is C=C1CCC(N2Cc3cc(CCC(=O)Cc4ccc(CO)cc4)ccc3C2=O)C(=O)N1. The van der Waals surface area contributed by atoms with Crippen LogP contribution in [0.2, 0.25) is 0 Å². The van der Waals surface area contributed by atoms with Gasteiger partial charge >= 0.3 is 0 Å². The van der Waals surface area contributed by atoms with Gasteiger partial charge in [-0.25, -0.2) is 0 Å². The molecular weight excluding hydrogens is 392 g/mol. The number of carbonyl (C=O) groups excluding carboxylic acids is 3. The second-order valence-corrected chi connectivity index (χ2v) is 8.26. The van der Waals surface area contributed by atoms with E-state index in [-0.39, 0.29) is 24.2 Å². The van der Waals surface area contributed by atoms with E-state index in [0.29, 0.717) is 49.9 Å². The molecule has 0 aromatic heterocycles. The highest BCUT2D eigenvalue weighted by molar-refractivity contribution is 6.01. The summed E-state index contributed by atoms with van der Waals surface area (Å²) in [5.41, 5.74) is 5.02. The zero-order chi connectivity index (χ0) is 22.0. The Labute approximate surface area is 181 Å². The molecule has 0 saturated carbocycles.